The van der Waals surface area contributed by atoms with Crippen LogP contribution in [0.1, 0.15) is 91.3 Å². The molecule has 4 unspecified atom stereocenters. The van der Waals surface area contributed by atoms with E-state index in [4.69, 9.17) is 5.73 Å². The molecule has 0 saturated heterocycles. The van der Waals surface area contributed by atoms with Crippen molar-refractivity contribution in [3.05, 3.63) is 12.0 Å². The summed E-state index contributed by atoms with van der Waals surface area (Å²) >= 11 is 0. The maximum absolute atomic E-state index is 11.8. The van der Waals surface area contributed by atoms with Gasteiger partial charge in [0.2, 0.25) is 0 Å². The van der Waals surface area contributed by atoms with E-state index in [2.05, 4.69) is 37.7 Å². The van der Waals surface area contributed by atoms with Crippen molar-refractivity contribution in [3.8, 4) is 0 Å². The Labute approximate surface area is 200 Å². The Morgan fingerprint density at radius 2 is 1.82 bits per heavy atom. The van der Waals surface area contributed by atoms with Gasteiger partial charge in [-0.3, -0.25) is 0 Å². The molecule has 5 rings (SSSR count). The molecule has 33 heavy (non-hydrogen) atoms. The molecule has 4 aliphatic rings. The fraction of sp³-hybridized carbons (Fsp3) is 0.893. The number of nitrogens with two attached hydrogens (primary N) is 1. The van der Waals surface area contributed by atoms with Crippen LogP contribution in [0.3, 0.4) is 0 Å². The molecule has 186 valence electrons. The summed E-state index contributed by atoms with van der Waals surface area (Å²) in [7, 11) is 0. The van der Waals surface area contributed by atoms with Gasteiger partial charge in [-0.15, -0.1) is 0 Å². The highest BCUT2D eigenvalue weighted by atomic mass is 16.3. The predicted octanol–water partition coefficient (Wildman–Crippen LogP) is 5.19. The number of nitrogens with one attached hydrogen (secondary N) is 1. The molecule has 1 aromatic heterocycles. The second-order valence-electron chi connectivity index (χ2n) is 12.9. The van der Waals surface area contributed by atoms with Crippen molar-refractivity contribution in [1.29, 1.82) is 0 Å². The van der Waals surface area contributed by atoms with Gasteiger partial charge in [-0.25, -0.2) is 4.98 Å². The quantitative estimate of drug-likeness (QED) is 0.489. The molecule has 0 amide bonds. The molecule has 5 N–H and O–H groups in total. The number of fused-ring (bicyclic) bond motifs is 5. The number of H-pyrrole nitrogens is 1. The Hall–Kier alpha value is -1.07. The van der Waals surface area contributed by atoms with Crippen molar-refractivity contribution in [2.45, 2.75) is 104 Å². The van der Waals surface area contributed by atoms with Crippen LogP contribution in [-0.4, -0.2) is 32.4 Å². The third kappa shape index (κ3) is 3.67. The van der Waals surface area contributed by atoms with Gasteiger partial charge in [0.05, 0.1) is 18.4 Å². The fourth-order valence-electron chi connectivity index (χ4n) is 10.0. The number of aromatic amines is 1. The fourth-order valence-corrected chi connectivity index (χ4v) is 10.0. The van der Waals surface area contributed by atoms with Crippen LogP contribution < -0.4 is 5.73 Å². The summed E-state index contributed by atoms with van der Waals surface area (Å²) in [6.07, 6.45) is 12.6. The summed E-state index contributed by atoms with van der Waals surface area (Å²) in [6, 6.07) is 0. The van der Waals surface area contributed by atoms with Crippen LogP contribution in [0.2, 0.25) is 0 Å². The van der Waals surface area contributed by atoms with Crippen LogP contribution in [0.15, 0.2) is 6.20 Å². The molecule has 11 atom stereocenters. The number of rotatable bonds is 5. The van der Waals surface area contributed by atoms with E-state index in [1.54, 1.807) is 6.20 Å². The van der Waals surface area contributed by atoms with Crippen molar-refractivity contribution in [3.63, 3.8) is 0 Å². The molecule has 0 spiro atoms. The number of nitrogen functional groups attached to an aromatic ring is 1. The number of hydrogen-bond donors (Lipinski definition) is 4. The lowest BCUT2D eigenvalue weighted by Gasteiger charge is -2.64. The molecule has 5 heteroatoms. The van der Waals surface area contributed by atoms with Crippen molar-refractivity contribution in [2.24, 2.45) is 52.3 Å². The Balaban J connectivity index is 1.37. The van der Waals surface area contributed by atoms with E-state index in [0.29, 0.717) is 46.7 Å². The molecule has 0 bridgehead atoms. The average Bonchev–Trinajstić information content (AvgIpc) is 3.36. The molecule has 4 aliphatic carbocycles. The van der Waals surface area contributed by atoms with Gasteiger partial charge in [0, 0.05) is 6.42 Å². The summed E-state index contributed by atoms with van der Waals surface area (Å²) in [4.78, 5) is 7.61. The van der Waals surface area contributed by atoms with Crippen LogP contribution in [0.25, 0.3) is 0 Å². The second kappa shape index (κ2) is 8.55. The number of aryl methyl sites for hydroxylation is 1. The van der Waals surface area contributed by atoms with Gasteiger partial charge in [-0.2, -0.15) is 0 Å². The highest BCUT2D eigenvalue weighted by Gasteiger charge is 2.64. The first-order chi connectivity index (χ1) is 15.7. The van der Waals surface area contributed by atoms with E-state index in [1.807, 2.05) is 0 Å². The van der Waals surface area contributed by atoms with E-state index in [9.17, 15) is 10.2 Å². The third-order valence-corrected chi connectivity index (χ3v) is 11.6. The van der Waals surface area contributed by atoms with Gasteiger partial charge in [-0.1, -0.05) is 34.1 Å². The number of aliphatic hydroxyl groups excluding tert-OH is 2. The maximum atomic E-state index is 11.8. The SMILES string of the molecule is CC[C@@H]1C2C[C@H](O)CCC2(C)[C@H]2CCC3(C)C([C@H](C)CCc4ncc(N)[nH]4)CC[C@H]3[C@@H]2[C@@H]1O. The number of imidazole rings is 1. The molecule has 4 saturated carbocycles. The van der Waals surface area contributed by atoms with Crippen LogP contribution in [-0.2, 0) is 6.42 Å². The Bertz CT molecular complexity index is 841. The number of aliphatic hydroxyl groups is 2. The molecular weight excluding hydrogens is 410 g/mol. The largest absolute Gasteiger partial charge is 0.393 e. The van der Waals surface area contributed by atoms with Gasteiger partial charge in [0.1, 0.15) is 11.6 Å². The maximum Gasteiger partial charge on any atom is 0.120 e. The second-order valence-corrected chi connectivity index (χ2v) is 12.9. The molecule has 0 aromatic carbocycles. The summed E-state index contributed by atoms with van der Waals surface area (Å²) in [6.45, 7) is 9.81. The van der Waals surface area contributed by atoms with Gasteiger partial charge < -0.3 is 20.9 Å². The van der Waals surface area contributed by atoms with Crippen LogP contribution in [0.5, 0.6) is 0 Å². The van der Waals surface area contributed by atoms with Gasteiger partial charge >= 0.3 is 0 Å². The molecule has 1 aromatic rings. The first-order valence-electron chi connectivity index (χ1n) is 13.8. The van der Waals surface area contributed by atoms with Crippen molar-refractivity contribution in [1.82, 2.24) is 9.97 Å². The zero-order valence-electron chi connectivity index (χ0n) is 21.3. The van der Waals surface area contributed by atoms with Crippen molar-refractivity contribution in [2.75, 3.05) is 5.73 Å². The highest BCUT2D eigenvalue weighted by Crippen LogP contribution is 2.69. The molecule has 4 fully saturated rings. The van der Waals surface area contributed by atoms with Crippen LogP contribution in [0.4, 0.5) is 5.82 Å². The van der Waals surface area contributed by atoms with E-state index in [-0.39, 0.29) is 17.6 Å². The van der Waals surface area contributed by atoms with Gasteiger partial charge in [0.25, 0.3) is 0 Å². The summed E-state index contributed by atoms with van der Waals surface area (Å²) in [5, 5.41) is 22.3. The molecule has 5 nitrogen and oxygen atoms in total. The zero-order chi connectivity index (χ0) is 23.5. The van der Waals surface area contributed by atoms with E-state index >= 15 is 0 Å². The van der Waals surface area contributed by atoms with E-state index in [0.717, 1.165) is 50.3 Å². The number of nitrogens with zero attached hydrogens (tertiary/aromatic N) is 1. The molecule has 1 heterocycles. The summed E-state index contributed by atoms with van der Waals surface area (Å²) < 4.78 is 0. The Morgan fingerprint density at radius 1 is 1.09 bits per heavy atom. The standard InChI is InChI=1S/C28H47N3O2/c1-5-18-22-14-17(32)10-12-28(22,4)21-11-13-27(3)19(7-8-20(27)25(21)26(18)33)16(2)6-9-24-30-15-23(29)31-24/h15-22,25-26,32-33H,5-14,29H2,1-4H3,(H,30,31)/t16-,17-,18-,19?,20+,21+,22?,25+,26-,27?,28?/m1/s1. The van der Waals surface area contributed by atoms with E-state index < -0.39 is 0 Å². The third-order valence-electron chi connectivity index (χ3n) is 11.6. The number of hydrogen-bond acceptors (Lipinski definition) is 4. The minimum atomic E-state index is -0.201. The molecular formula is C28H47N3O2. The van der Waals surface area contributed by atoms with Gasteiger partial charge in [0.15, 0.2) is 0 Å². The lowest BCUT2D eigenvalue weighted by atomic mass is 9.41. The summed E-state index contributed by atoms with van der Waals surface area (Å²) in [5.74, 6) is 5.55. The smallest absolute Gasteiger partial charge is 0.120 e. The Morgan fingerprint density at radius 3 is 2.52 bits per heavy atom. The number of anilines is 1. The predicted molar refractivity (Wildman–Crippen MR) is 132 cm³/mol. The average molecular weight is 458 g/mol. The monoisotopic (exact) mass is 457 g/mol. The van der Waals surface area contributed by atoms with Crippen molar-refractivity contribution < 1.29 is 10.2 Å². The summed E-state index contributed by atoms with van der Waals surface area (Å²) in [5.41, 5.74) is 6.44. The first-order valence-corrected chi connectivity index (χ1v) is 13.8. The zero-order valence-corrected chi connectivity index (χ0v) is 21.3. The van der Waals surface area contributed by atoms with Crippen LogP contribution in [0, 0.1) is 52.3 Å². The van der Waals surface area contributed by atoms with Crippen LogP contribution >= 0.6 is 0 Å². The van der Waals surface area contributed by atoms with E-state index in [1.165, 1.54) is 25.7 Å². The lowest BCUT2D eigenvalue weighted by Crippen LogP contribution is -2.62. The topological polar surface area (TPSA) is 95.2 Å². The lowest BCUT2D eigenvalue weighted by molar-refractivity contribution is -0.203. The molecule has 0 aliphatic heterocycles. The van der Waals surface area contributed by atoms with Crippen molar-refractivity contribution >= 4 is 5.82 Å². The molecule has 0 radical (unpaired) electrons. The highest BCUT2D eigenvalue weighted by molar-refractivity contribution is 5.24. The first kappa shape index (κ1) is 23.7. The number of aromatic nitrogens is 2. The Kier molecular flexibility index (Phi) is 6.13. The minimum absolute atomic E-state index is 0.170. The van der Waals surface area contributed by atoms with Gasteiger partial charge in [-0.05, 0) is 104 Å². The minimum Gasteiger partial charge on any atom is -0.393 e. The normalized spacial score (nSPS) is 48.1.